The lowest BCUT2D eigenvalue weighted by molar-refractivity contribution is 0.686. The van der Waals surface area contributed by atoms with Crippen molar-refractivity contribution in [1.82, 2.24) is 9.88 Å². The molecule has 2 heteroatoms. The van der Waals surface area contributed by atoms with E-state index >= 15 is 0 Å². The monoisotopic (exact) mass is 202 g/mol. The zero-order valence-corrected chi connectivity index (χ0v) is 9.67. The first-order valence-corrected chi connectivity index (χ1v) is 5.48. The van der Waals surface area contributed by atoms with Crippen molar-refractivity contribution in [3.8, 4) is 0 Å². The van der Waals surface area contributed by atoms with Crippen LogP contribution in [0.25, 0.3) is 10.9 Å². The molecular weight excluding hydrogens is 184 g/mol. The number of hydrogen-bond acceptors (Lipinski definition) is 1. The minimum absolute atomic E-state index is 0.945. The van der Waals surface area contributed by atoms with Gasteiger partial charge in [0, 0.05) is 24.8 Å². The van der Waals surface area contributed by atoms with Gasteiger partial charge in [-0.3, -0.25) is 0 Å². The Morgan fingerprint density at radius 1 is 1.27 bits per heavy atom. The van der Waals surface area contributed by atoms with E-state index in [2.05, 4.69) is 55.0 Å². The fraction of sp³-hybridized carbons (Fsp3) is 0.385. The Bertz CT molecular complexity index is 469. The highest BCUT2D eigenvalue weighted by atomic mass is 15.0. The Morgan fingerprint density at radius 2 is 2.07 bits per heavy atom. The minimum atomic E-state index is 0.945. The van der Waals surface area contributed by atoms with E-state index in [1.165, 1.54) is 22.2 Å². The fourth-order valence-electron chi connectivity index (χ4n) is 1.92. The van der Waals surface area contributed by atoms with E-state index < -0.39 is 0 Å². The van der Waals surface area contributed by atoms with Gasteiger partial charge in [0.25, 0.3) is 0 Å². The number of benzene rings is 1. The highest BCUT2D eigenvalue weighted by molar-refractivity contribution is 5.81. The number of rotatable bonds is 3. The van der Waals surface area contributed by atoms with Crippen LogP contribution in [0.3, 0.4) is 0 Å². The van der Waals surface area contributed by atoms with Crippen LogP contribution in [0, 0.1) is 6.92 Å². The summed E-state index contributed by atoms with van der Waals surface area (Å²) < 4.78 is 2.27. The molecule has 0 atom stereocenters. The van der Waals surface area contributed by atoms with Gasteiger partial charge in [-0.25, -0.2) is 0 Å². The Balaban J connectivity index is 2.45. The molecule has 0 radical (unpaired) electrons. The van der Waals surface area contributed by atoms with Crippen molar-refractivity contribution < 1.29 is 0 Å². The van der Waals surface area contributed by atoms with Gasteiger partial charge in [0.05, 0.1) is 0 Å². The molecule has 0 fully saturated rings. The van der Waals surface area contributed by atoms with Crippen molar-refractivity contribution in [3.05, 3.63) is 35.5 Å². The number of nitrogens with one attached hydrogen (secondary N) is 1. The Morgan fingerprint density at radius 3 is 2.80 bits per heavy atom. The van der Waals surface area contributed by atoms with Gasteiger partial charge in [0.1, 0.15) is 0 Å². The van der Waals surface area contributed by atoms with Gasteiger partial charge in [-0.1, -0.05) is 19.1 Å². The lowest BCUT2D eigenvalue weighted by atomic mass is 10.2. The topological polar surface area (TPSA) is 17.0 Å². The number of aromatic nitrogens is 1. The van der Waals surface area contributed by atoms with Crippen LogP contribution in [0.1, 0.15) is 18.2 Å². The zero-order valence-electron chi connectivity index (χ0n) is 9.67. The summed E-state index contributed by atoms with van der Waals surface area (Å²) in [6, 6.07) is 8.86. The second-order valence-corrected chi connectivity index (χ2v) is 4.04. The van der Waals surface area contributed by atoms with Crippen LogP contribution >= 0.6 is 0 Å². The van der Waals surface area contributed by atoms with Crippen LogP contribution in [-0.4, -0.2) is 11.1 Å². The van der Waals surface area contributed by atoms with Crippen LogP contribution in [0.4, 0.5) is 0 Å². The maximum Gasteiger partial charge on any atom is 0.0482 e. The number of fused-ring (bicyclic) bond motifs is 1. The van der Waals surface area contributed by atoms with E-state index in [0.29, 0.717) is 0 Å². The highest BCUT2D eigenvalue weighted by Gasteiger charge is 2.04. The molecule has 15 heavy (non-hydrogen) atoms. The first kappa shape index (κ1) is 10.2. The lowest BCUT2D eigenvalue weighted by Gasteiger charge is -2.04. The van der Waals surface area contributed by atoms with E-state index in [-0.39, 0.29) is 0 Å². The van der Waals surface area contributed by atoms with E-state index in [9.17, 15) is 0 Å². The molecule has 0 aliphatic rings. The molecule has 0 spiro atoms. The Hall–Kier alpha value is -1.28. The standard InChI is InChI=1S/C13H18N2/c1-4-14-9-12-8-11-6-5-10(2)7-13(11)15(12)3/h5-8,14H,4,9H2,1-3H3. The first-order chi connectivity index (χ1) is 7.22. The third-order valence-electron chi connectivity index (χ3n) is 2.86. The summed E-state index contributed by atoms with van der Waals surface area (Å²) in [5.74, 6) is 0. The maximum atomic E-state index is 3.36. The Kier molecular flexibility index (Phi) is 2.78. The second-order valence-electron chi connectivity index (χ2n) is 4.04. The van der Waals surface area contributed by atoms with Crippen LogP contribution in [0.5, 0.6) is 0 Å². The Labute approximate surface area is 90.9 Å². The quantitative estimate of drug-likeness (QED) is 0.809. The molecule has 0 saturated heterocycles. The second kappa shape index (κ2) is 4.07. The average Bonchev–Trinajstić information content (AvgIpc) is 2.53. The highest BCUT2D eigenvalue weighted by Crippen LogP contribution is 2.19. The van der Waals surface area contributed by atoms with Crippen molar-refractivity contribution in [2.45, 2.75) is 20.4 Å². The normalized spacial score (nSPS) is 11.1. The molecule has 2 nitrogen and oxygen atoms in total. The summed E-state index contributed by atoms with van der Waals surface area (Å²) in [4.78, 5) is 0. The molecule has 0 aliphatic carbocycles. The summed E-state index contributed by atoms with van der Waals surface area (Å²) >= 11 is 0. The van der Waals surface area contributed by atoms with Crippen LogP contribution < -0.4 is 5.32 Å². The molecule has 0 bridgehead atoms. The lowest BCUT2D eigenvalue weighted by Crippen LogP contribution is -2.14. The van der Waals surface area contributed by atoms with Gasteiger partial charge in [-0.15, -0.1) is 0 Å². The van der Waals surface area contributed by atoms with E-state index in [4.69, 9.17) is 0 Å². The number of nitrogens with zero attached hydrogens (tertiary/aromatic N) is 1. The summed E-state index contributed by atoms with van der Waals surface area (Å²) in [5.41, 5.74) is 3.99. The third kappa shape index (κ3) is 1.90. The predicted octanol–water partition coefficient (Wildman–Crippen LogP) is 2.60. The van der Waals surface area contributed by atoms with E-state index in [1.54, 1.807) is 0 Å². The van der Waals surface area contributed by atoms with Crippen molar-refractivity contribution >= 4 is 10.9 Å². The van der Waals surface area contributed by atoms with Gasteiger partial charge in [-0.2, -0.15) is 0 Å². The van der Waals surface area contributed by atoms with Gasteiger partial charge in [-0.05, 0) is 36.6 Å². The molecule has 2 aromatic rings. The molecule has 0 aliphatic heterocycles. The van der Waals surface area contributed by atoms with Crippen molar-refractivity contribution in [2.24, 2.45) is 7.05 Å². The van der Waals surface area contributed by atoms with E-state index in [1.807, 2.05) is 0 Å². The summed E-state index contributed by atoms with van der Waals surface area (Å²) in [6.45, 7) is 6.23. The number of aryl methyl sites for hydroxylation is 2. The van der Waals surface area contributed by atoms with Crippen molar-refractivity contribution in [2.75, 3.05) is 6.54 Å². The molecule has 2 rings (SSSR count). The van der Waals surface area contributed by atoms with Crippen LogP contribution in [0.2, 0.25) is 0 Å². The van der Waals surface area contributed by atoms with Crippen molar-refractivity contribution in [3.63, 3.8) is 0 Å². The molecule has 80 valence electrons. The summed E-state index contributed by atoms with van der Waals surface area (Å²) in [6.07, 6.45) is 0. The van der Waals surface area contributed by atoms with E-state index in [0.717, 1.165) is 13.1 Å². The van der Waals surface area contributed by atoms with Crippen LogP contribution in [-0.2, 0) is 13.6 Å². The van der Waals surface area contributed by atoms with Gasteiger partial charge in [0.15, 0.2) is 0 Å². The molecule has 1 heterocycles. The molecule has 0 amide bonds. The maximum absolute atomic E-state index is 3.36. The molecule has 0 saturated carbocycles. The molecule has 1 N–H and O–H groups in total. The number of hydrogen-bond donors (Lipinski definition) is 1. The van der Waals surface area contributed by atoms with Crippen molar-refractivity contribution in [1.29, 1.82) is 0 Å². The SMILES string of the molecule is CCNCc1cc2ccc(C)cc2n1C. The van der Waals surface area contributed by atoms with Gasteiger partial charge in [0.2, 0.25) is 0 Å². The predicted molar refractivity (Wildman–Crippen MR) is 65.0 cm³/mol. The molecule has 1 aromatic heterocycles. The van der Waals surface area contributed by atoms with Gasteiger partial charge >= 0.3 is 0 Å². The summed E-state index contributed by atoms with van der Waals surface area (Å²) in [5, 5.41) is 4.69. The van der Waals surface area contributed by atoms with Gasteiger partial charge < -0.3 is 9.88 Å². The third-order valence-corrected chi connectivity index (χ3v) is 2.86. The molecule has 1 aromatic carbocycles. The average molecular weight is 202 g/mol. The summed E-state index contributed by atoms with van der Waals surface area (Å²) in [7, 11) is 2.13. The minimum Gasteiger partial charge on any atom is -0.346 e. The fourth-order valence-corrected chi connectivity index (χ4v) is 1.92. The molecule has 0 unspecified atom stereocenters. The largest absolute Gasteiger partial charge is 0.346 e. The smallest absolute Gasteiger partial charge is 0.0482 e. The first-order valence-electron chi connectivity index (χ1n) is 5.48. The molecular formula is C13H18N2. The zero-order chi connectivity index (χ0) is 10.8. The van der Waals surface area contributed by atoms with Crippen LogP contribution in [0.15, 0.2) is 24.3 Å².